The van der Waals surface area contributed by atoms with Crippen LogP contribution in [0.25, 0.3) is 0 Å². The molecule has 0 aromatic heterocycles. The van der Waals surface area contributed by atoms with Gasteiger partial charge in [0, 0.05) is 24.5 Å². The van der Waals surface area contributed by atoms with Gasteiger partial charge in [-0.1, -0.05) is 13.0 Å². The molecule has 1 aliphatic rings. The van der Waals surface area contributed by atoms with Crippen LogP contribution in [0.5, 0.6) is 0 Å². The third-order valence-corrected chi connectivity index (χ3v) is 2.91. The molecule has 0 heterocycles. The van der Waals surface area contributed by atoms with Gasteiger partial charge in [-0.25, -0.2) is 8.78 Å². The van der Waals surface area contributed by atoms with Crippen molar-refractivity contribution < 1.29 is 8.78 Å². The predicted molar refractivity (Wildman–Crippen MR) is 57.7 cm³/mol. The second kappa shape index (κ2) is 4.39. The van der Waals surface area contributed by atoms with Gasteiger partial charge in [0.25, 0.3) is 0 Å². The van der Waals surface area contributed by atoms with E-state index in [1.54, 1.807) is 6.92 Å². The Morgan fingerprint density at radius 2 is 2.07 bits per heavy atom. The lowest BCUT2D eigenvalue weighted by Crippen LogP contribution is -2.45. The summed E-state index contributed by atoms with van der Waals surface area (Å²) in [5.74, 6) is -2.53. The smallest absolute Gasteiger partial charge is 0.249 e. The molecule has 0 atom stereocenters. The third kappa shape index (κ3) is 2.84. The van der Waals surface area contributed by atoms with Gasteiger partial charge in [0.1, 0.15) is 0 Å². The molecule has 1 aliphatic carbocycles. The van der Waals surface area contributed by atoms with Crippen LogP contribution in [0.15, 0.2) is 11.6 Å². The SMILES string of the molecule is CNCC/C=C(\C=N)C1(C)CC(F)(F)C1. The zero-order valence-corrected chi connectivity index (χ0v) is 9.24. The van der Waals surface area contributed by atoms with Crippen LogP contribution in [-0.4, -0.2) is 25.7 Å². The Morgan fingerprint density at radius 3 is 2.47 bits per heavy atom. The first kappa shape index (κ1) is 12.3. The van der Waals surface area contributed by atoms with Crippen molar-refractivity contribution in [2.75, 3.05) is 13.6 Å². The highest BCUT2D eigenvalue weighted by Crippen LogP contribution is 2.55. The standard InChI is InChI=1S/C11H18F2N2/c1-10(7-11(12,13)8-10)9(6-14)4-3-5-15-2/h4,6,14-15H,3,5,7-8H2,1-2H3/b9-4+,14-6?. The van der Waals surface area contributed by atoms with Crippen LogP contribution in [0.3, 0.4) is 0 Å². The van der Waals surface area contributed by atoms with Crippen LogP contribution in [-0.2, 0) is 0 Å². The van der Waals surface area contributed by atoms with Gasteiger partial charge in [0.05, 0.1) is 0 Å². The van der Waals surface area contributed by atoms with Crippen molar-refractivity contribution >= 4 is 6.21 Å². The van der Waals surface area contributed by atoms with E-state index in [1.165, 1.54) is 6.21 Å². The summed E-state index contributed by atoms with van der Waals surface area (Å²) in [6.07, 6.45) is 3.63. The van der Waals surface area contributed by atoms with Gasteiger partial charge in [0.15, 0.2) is 0 Å². The summed E-state index contributed by atoms with van der Waals surface area (Å²) < 4.78 is 25.6. The van der Waals surface area contributed by atoms with Crippen molar-refractivity contribution in [1.29, 1.82) is 5.41 Å². The second-order valence-corrected chi connectivity index (χ2v) is 4.47. The summed E-state index contributed by atoms with van der Waals surface area (Å²) in [4.78, 5) is 0. The Kier molecular flexibility index (Phi) is 3.60. The third-order valence-electron chi connectivity index (χ3n) is 2.91. The molecule has 0 amide bonds. The lowest BCUT2D eigenvalue weighted by molar-refractivity contribution is -0.136. The monoisotopic (exact) mass is 216 g/mol. The fourth-order valence-electron chi connectivity index (χ4n) is 2.15. The summed E-state index contributed by atoms with van der Waals surface area (Å²) in [7, 11) is 1.84. The van der Waals surface area contributed by atoms with Crippen molar-refractivity contribution in [3.05, 3.63) is 11.6 Å². The maximum Gasteiger partial charge on any atom is 0.249 e. The molecule has 0 aromatic carbocycles. The summed E-state index contributed by atoms with van der Waals surface area (Å²) in [6.45, 7) is 2.62. The highest BCUT2D eigenvalue weighted by atomic mass is 19.3. The maximum absolute atomic E-state index is 12.8. The van der Waals surface area contributed by atoms with Gasteiger partial charge in [-0.15, -0.1) is 0 Å². The fraction of sp³-hybridized carbons (Fsp3) is 0.727. The number of allylic oxidation sites excluding steroid dienone is 1. The van der Waals surface area contributed by atoms with Crippen LogP contribution < -0.4 is 5.32 Å². The summed E-state index contributed by atoms with van der Waals surface area (Å²) in [5, 5.41) is 10.2. The lowest BCUT2D eigenvalue weighted by atomic mass is 9.63. The first-order chi connectivity index (χ1) is 6.93. The predicted octanol–water partition coefficient (Wildman–Crippen LogP) is 2.61. The van der Waals surface area contributed by atoms with Gasteiger partial charge >= 0.3 is 0 Å². The van der Waals surface area contributed by atoms with Crippen molar-refractivity contribution in [2.24, 2.45) is 5.41 Å². The molecule has 1 saturated carbocycles. The molecule has 0 saturated heterocycles. The molecule has 0 bridgehead atoms. The molecule has 0 radical (unpaired) electrons. The number of hydrogen-bond acceptors (Lipinski definition) is 2. The largest absolute Gasteiger partial charge is 0.319 e. The molecule has 0 aliphatic heterocycles. The average Bonchev–Trinajstić information content (AvgIpc) is 2.08. The van der Waals surface area contributed by atoms with Gasteiger partial charge in [0.2, 0.25) is 5.92 Å². The molecule has 2 nitrogen and oxygen atoms in total. The Morgan fingerprint density at radius 1 is 1.47 bits per heavy atom. The first-order valence-electron chi connectivity index (χ1n) is 5.17. The minimum Gasteiger partial charge on any atom is -0.319 e. The number of halogens is 2. The Hall–Kier alpha value is -0.770. The van der Waals surface area contributed by atoms with E-state index in [1.807, 2.05) is 13.1 Å². The van der Waals surface area contributed by atoms with Crippen molar-refractivity contribution in [2.45, 2.75) is 32.1 Å². The Labute approximate surface area is 89.3 Å². The number of hydrogen-bond donors (Lipinski definition) is 2. The molecule has 1 rings (SSSR count). The van der Waals surface area contributed by atoms with E-state index in [0.29, 0.717) is 0 Å². The first-order valence-corrected chi connectivity index (χ1v) is 5.17. The zero-order chi connectivity index (χ0) is 11.5. The minimum atomic E-state index is -2.53. The van der Waals surface area contributed by atoms with Crippen LogP contribution in [0.2, 0.25) is 0 Å². The molecule has 4 heteroatoms. The van der Waals surface area contributed by atoms with Crippen LogP contribution in [0.1, 0.15) is 26.2 Å². The van der Waals surface area contributed by atoms with E-state index in [2.05, 4.69) is 5.32 Å². The van der Waals surface area contributed by atoms with E-state index in [-0.39, 0.29) is 12.8 Å². The summed E-state index contributed by atoms with van der Waals surface area (Å²) in [5.41, 5.74) is 0.252. The molecule has 86 valence electrons. The van der Waals surface area contributed by atoms with E-state index in [4.69, 9.17) is 5.41 Å². The summed E-state index contributed by atoms with van der Waals surface area (Å²) in [6, 6.07) is 0. The average molecular weight is 216 g/mol. The van der Waals surface area contributed by atoms with E-state index < -0.39 is 11.3 Å². The fourth-order valence-corrected chi connectivity index (χ4v) is 2.15. The van der Waals surface area contributed by atoms with Crippen LogP contribution in [0.4, 0.5) is 8.78 Å². The number of alkyl halides is 2. The van der Waals surface area contributed by atoms with Gasteiger partial charge < -0.3 is 10.7 Å². The van der Waals surface area contributed by atoms with Gasteiger partial charge in [-0.05, 0) is 25.6 Å². The Bertz CT molecular complexity index is 264. The highest BCUT2D eigenvalue weighted by Gasteiger charge is 2.54. The molecule has 0 unspecified atom stereocenters. The van der Waals surface area contributed by atoms with Crippen LogP contribution in [0, 0.1) is 10.8 Å². The van der Waals surface area contributed by atoms with E-state index >= 15 is 0 Å². The molecule has 15 heavy (non-hydrogen) atoms. The minimum absolute atomic E-state index is 0.124. The number of rotatable bonds is 5. The molecule has 2 N–H and O–H groups in total. The molecular formula is C11H18F2N2. The second-order valence-electron chi connectivity index (χ2n) is 4.47. The lowest BCUT2D eigenvalue weighted by Gasteiger charge is -2.45. The molecule has 0 aromatic rings. The normalized spacial score (nSPS) is 23.3. The van der Waals surface area contributed by atoms with Crippen LogP contribution >= 0.6 is 0 Å². The quantitative estimate of drug-likeness (QED) is 0.538. The van der Waals surface area contributed by atoms with Gasteiger partial charge in [-0.2, -0.15) is 0 Å². The summed E-state index contributed by atoms with van der Waals surface area (Å²) >= 11 is 0. The zero-order valence-electron chi connectivity index (χ0n) is 9.24. The van der Waals surface area contributed by atoms with Crippen molar-refractivity contribution in [3.8, 4) is 0 Å². The van der Waals surface area contributed by atoms with E-state index in [9.17, 15) is 8.78 Å². The molecule has 0 spiro atoms. The van der Waals surface area contributed by atoms with Crippen molar-refractivity contribution in [3.63, 3.8) is 0 Å². The number of nitrogens with one attached hydrogen (secondary N) is 2. The van der Waals surface area contributed by atoms with Gasteiger partial charge in [-0.3, -0.25) is 0 Å². The Balaban J connectivity index is 2.60. The topological polar surface area (TPSA) is 35.9 Å². The maximum atomic E-state index is 12.8. The highest BCUT2D eigenvalue weighted by molar-refractivity contribution is 5.78. The van der Waals surface area contributed by atoms with E-state index in [0.717, 1.165) is 18.5 Å². The molecule has 1 fully saturated rings. The molecular weight excluding hydrogens is 198 g/mol. The van der Waals surface area contributed by atoms with Crippen molar-refractivity contribution in [1.82, 2.24) is 5.32 Å².